The summed E-state index contributed by atoms with van der Waals surface area (Å²) < 4.78 is 36.6. The number of anilines is 2. The summed E-state index contributed by atoms with van der Waals surface area (Å²) in [7, 11) is 0. The molecule has 3 aromatic heterocycles. The normalized spacial score (nSPS) is 12.6. The number of aromatic nitrogens is 6. The molecule has 0 bridgehead atoms. The van der Waals surface area contributed by atoms with Gasteiger partial charge in [0.1, 0.15) is 47.1 Å². The molecule has 0 amide bonds. The first-order valence-corrected chi connectivity index (χ1v) is 12.6. The van der Waals surface area contributed by atoms with E-state index in [1.54, 1.807) is 16.9 Å². The van der Waals surface area contributed by atoms with E-state index in [-0.39, 0.29) is 31.1 Å². The summed E-state index contributed by atoms with van der Waals surface area (Å²) in [6.45, 7) is 1.36. The number of aliphatic hydroxyl groups is 1. The van der Waals surface area contributed by atoms with Crippen molar-refractivity contribution in [2.75, 3.05) is 18.5 Å². The van der Waals surface area contributed by atoms with Crippen LogP contribution in [0.2, 0.25) is 0 Å². The van der Waals surface area contributed by atoms with Gasteiger partial charge in [0.25, 0.3) is 0 Å². The molecule has 0 unspecified atom stereocenters. The number of hydrogen-bond donors (Lipinski definition) is 2. The van der Waals surface area contributed by atoms with Crippen LogP contribution in [-0.4, -0.2) is 48.0 Å². The Hall–Kier alpha value is -4.51. The summed E-state index contributed by atoms with van der Waals surface area (Å²) in [4.78, 5) is 18.3. The number of hydrogen-bond acceptors (Lipinski definition) is 8. The molecule has 0 fully saturated rings. The minimum atomic E-state index is -0.760. The van der Waals surface area contributed by atoms with Crippen molar-refractivity contribution in [3.63, 3.8) is 0 Å². The molecular formula is C28H25F2N7O2. The number of rotatable bonds is 8. The van der Waals surface area contributed by atoms with Crippen LogP contribution in [0.4, 0.5) is 20.4 Å². The second-order valence-electron chi connectivity index (χ2n) is 9.25. The molecule has 2 N–H and O–H groups in total. The van der Waals surface area contributed by atoms with Crippen LogP contribution in [0.3, 0.4) is 0 Å². The minimum absolute atomic E-state index is 0.0132. The van der Waals surface area contributed by atoms with E-state index in [0.29, 0.717) is 34.5 Å². The van der Waals surface area contributed by atoms with Crippen molar-refractivity contribution in [2.24, 2.45) is 0 Å². The van der Waals surface area contributed by atoms with Crippen LogP contribution in [0.5, 0.6) is 5.75 Å². The van der Waals surface area contributed by atoms with E-state index in [4.69, 9.17) is 24.9 Å². The Morgan fingerprint density at radius 3 is 2.67 bits per heavy atom. The molecule has 0 aliphatic heterocycles. The van der Waals surface area contributed by atoms with Crippen molar-refractivity contribution in [2.45, 2.75) is 32.7 Å². The van der Waals surface area contributed by atoms with Crippen LogP contribution in [0.1, 0.15) is 29.1 Å². The summed E-state index contributed by atoms with van der Waals surface area (Å²) in [6.07, 6.45) is 4.33. The SMILES string of the molecule is Cc1nccc(Nc2nc(-c3nn(Cc4c(F)cc(OCCO)cc4F)c4ccccc34)nc3c2CCC3)n1. The van der Waals surface area contributed by atoms with Gasteiger partial charge in [0.2, 0.25) is 0 Å². The fraction of sp³-hybridized carbons (Fsp3) is 0.250. The zero-order valence-electron chi connectivity index (χ0n) is 21.2. The predicted octanol–water partition coefficient (Wildman–Crippen LogP) is 4.52. The van der Waals surface area contributed by atoms with E-state index in [1.165, 1.54) is 0 Å². The number of fused-ring (bicyclic) bond motifs is 2. The molecule has 3 heterocycles. The molecule has 9 nitrogen and oxygen atoms in total. The predicted molar refractivity (Wildman–Crippen MR) is 141 cm³/mol. The third-order valence-electron chi connectivity index (χ3n) is 6.61. The molecule has 5 aromatic rings. The fourth-order valence-electron chi connectivity index (χ4n) is 4.83. The Kier molecular flexibility index (Phi) is 6.57. The Bertz CT molecular complexity index is 1670. The van der Waals surface area contributed by atoms with Gasteiger partial charge in [-0.2, -0.15) is 5.10 Å². The maximum atomic E-state index is 14.9. The molecule has 198 valence electrons. The van der Waals surface area contributed by atoms with Gasteiger partial charge < -0.3 is 15.2 Å². The molecule has 2 aromatic carbocycles. The zero-order chi connectivity index (χ0) is 26.9. The van der Waals surface area contributed by atoms with E-state index in [9.17, 15) is 8.78 Å². The molecule has 6 rings (SSSR count). The number of nitrogens with one attached hydrogen (secondary N) is 1. The molecule has 11 heteroatoms. The second kappa shape index (κ2) is 10.3. The van der Waals surface area contributed by atoms with Crippen LogP contribution in [0, 0.1) is 18.6 Å². The monoisotopic (exact) mass is 529 g/mol. The molecule has 1 aliphatic rings. The summed E-state index contributed by atoms with van der Waals surface area (Å²) in [5, 5.41) is 17.7. The van der Waals surface area contributed by atoms with Crippen molar-refractivity contribution < 1.29 is 18.6 Å². The average molecular weight is 530 g/mol. The highest BCUT2D eigenvalue weighted by Crippen LogP contribution is 2.33. The smallest absolute Gasteiger partial charge is 0.182 e. The molecule has 0 saturated carbocycles. The quantitative estimate of drug-likeness (QED) is 0.302. The number of halogens is 2. The molecule has 0 radical (unpaired) electrons. The van der Waals surface area contributed by atoms with Crippen LogP contribution in [0.15, 0.2) is 48.7 Å². The van der Waals surface area contributed by atoms with E-state index >= 15 is 0 Å². The van der Waals surface area contributed by atoms with Gasteiger partial charge in [-0.05, 0) is 38.3 Å². The minimum Gasteiger partial charge on any atom is -0.491 e. The van der Waals surface area contributed by atoms with Gasteiger partial charge in [0, 0.05) is 40.5 Å². The lowest BCUT2D eigenvalue weighted by Gasteiger charge is -2.11. The highest BCUT2D eigenvalue weighted by Gasteiger charge is 2.24. The van der Waals surface area contributed by atoms with Gasteiger partial charge in [-0.1, -0.05) is 18.2 Å². The van der Waals surface area contributed by atoms with Crippen LogP contribution in [0.25, 0.3) is 22.4 Å². The maximum absolute atomic E-state index is 14.9. The molecule has 1 aliphatic carbocycles. The average Bonchev–Trinajstić information content (AvgIpc) is 3.55. The lowest BCUT2D eigenvalue weighted by molar-refractivity contribution is 0.200. The first-order chi connectivity index (χ1) is 19.0. The largest absolute Gasteiger partial charge is 0.491 e. The number of benzene rings is 2. The first-order valence-electron chi connectivity index (χ1n) is 12.6. The third kappa shape index (κ3) is 4.88. The van der Waals surface area contributed by atoms with E-state index in [0.717, 1.165) is 48.0 Å². The highest BCUT2D eigenvalue weighted by molar-refractivity contribution is 5.92. The van der Waals surface area contributed by atoms with Crippen LogP contribution < -0.4 is 10.1 Å². The number of aryl methyl sites for hydroxylation is 2. The van der Waals surface area contributed by atoms with Gasteiger partial charge in [-0.25, -0.2) is 28.7 Å². The summed E-state index contributed by atoms with van der Waals surface area (Å²) in [5.74, 6) is 0.859. The van der Waals surface area contributed by atoms with Crippen molar-refractivity contribution in [1.29, 1.82) is 0 Å². The second-order valence-corrected chi connectivity index (χ2v) is 9.25. The van der Waals surface area contributed by atoms with Gasteiger partial charge >= 0.3 is 0 Å². The number of aliphatic hydroxyl groups excluding tert-OH is 1. The summed E-state index contributed by atoms with van der Waals surface area (Å²) in [5.41, 5.74) is 3.05. The van der Waals surface area contributed by atoms with Gasteiger partial charge in [-0.3, -0.25) is 4.68 Å². The maximum Gasteiger partial charge on any atom is 0.182 e. The Labute approximate surface area is 222 Å². The summed E-state index contributed by atoms with van der Waals surface area (Å²) >= 11 is 0. The van der Waals surface area contributed by atoms with Gasteiger partial charge in [0.15, 0.2) is 5.82 Å². The van der Waals surface area contributed by atoms with E-state index in [2.05, 4.69) is 15.3 Å². The van der Waals surface area contributed by atoms with E-state index < -0.39 is 11.6 Å². The van der Waals surface area contributed by atoms with Crippen molar-refractivity contribution in [3.05, 3.63) is 82.9 Å². The topological polar surface area (TPSA) is 111 Å². The number of ether oxygens (including phenoxy) is 1. The molecule has 0 atom stereocenters. The third-order valence-corrected chi connectivity index (χ3v) is 6.61. The molecule has 0 spiro atoms. The Balaban J connectivity index is 1.41. The van der Waals surface area contributed by atoms with E-state index in [1.807, 2.05) is 31.2 Å². The molecule has 0 saturated heterocycles. The first kappa shape index (κ1) is 24.8. The molecule has 39 heavy (non-hydrogen) atoms. The van der Waals surface area contributed by atoms with Crippen LogP contribution >= 0.6 is 0 Å². The van der Waals surface area contributed by atoms with Gasteiger partial charge in [-0.15, -0.1) is 0 Å². The van der Waals surface area contributed by atoms with Crippen LogP contribution in [-0.2, 0) is 19.4 Å². The number of para-hydroxylation sites is 1. The van der Waals surface area contributed by atoms with Crippen molar-refractivity contribution >= 4 is 22.5 Å². The lowest BCUT2D eigenvalue weighted by Crippen LogP contribution is -2.09. The fourth-order valence-corrected chi connectivity index (χ4v) is 4.83. The van der Waals surface area contributed by atoms with Crippen molar-refractivity contribution in [1.82, 2.24) is 29.7 Å². The Morgan fingerprint density at radius 2 is 1.87 bits per heavy atom. The zero-order valence-corrected chi connectivity index (χ0v) is 21.2. The van der Waals surface area contributed by atoms with Gasteiger partial charge in [0.05, 0.1) is 18.7 Å². The molecular weight excluding hydrogens is 504 g/mol. The summed E-state index contributed by atoms with van der Waals surface area (Å²) in [6, 6.07) is 11.5. The van der Waals surface area contributed by atoms with Crippen molar-refractivity contribution in [3.8, 4) is 17.3 Å². The Morgan fingerprint density at radius 1 is 1.05 bits per heavy atom. The standard InChI is InChI=1S/C28H25F2N7O2/c1-16-31-10-9-25(32-16)34-27-18-6-4-7-23(18)33-28(35-27)26-19-5-2-3-8-24(19)37(36-26)15-20-21(29)13-17(14-22(20)30)39-12-11-38/h2-3,5,8-10,13-14,38H,4,6-7,11-12,15H2,1H3,(H,31,32,33,34,35). The number of nitrogens with zero attached hydrogens (tertiary/aromatic N) is 6. The highest BCUT2D eigenvalue weighted by atomic mass is 19.1. The lowest BCUT2D eigenvalue weighted by atomic mass is 10.1.